The summed E-state index contributed by atoms with van der Waals surface area (Å²) in [7, 11) is 0. The van der Waals surface area contributed by atoms with Crippen LogP contribution in [0.15, 0.2) is 301 Å². The van der Waals surface area contributed by atoms with E-state index < -0.39 is 10.8 Å². The number of hydrogen-bond acceptors (Lipinski definition) is 4. The molecule has 0 radical (unpaired) electrons. The lowest BCUT2D eigenvalue weighted by atomic mass is 9.64. The smallest absolute Gasteiger partial charge is 0.137 e. The van der Waals surface area contributed by atoms with Gasteiger partial charge in [-0.05, 0) is 167 Å². The van der Waals surface area contributed by atoms with Crippen LogP contribution in [0.4, 0.5) is 17.2 Å². The van der Waals surface area contributed by atoms with Crippen molar-refractivity contribution in [3.05, 3.63) is 368 Å². The Morgan fingerprint density at radius 1 is 0.393 bits per heavy atom. The highest BCUT2D eigenvalue weighted by Gasteiger charge is 2.59. The summed E-state index contributed by atoms with van der Waals surface area (Å²) >= 11 is 0. The van der Waals surface area contributed by atoms with Crippen LogP contribution in [-0.4, -0.2) is 4.98 Å². The summed E-state index contributed by atoms with van der Waals surface area (Å²) in [6.45, 7) is 9.82. The molecule has 4 nitrogen and oxygen atoms in total. The van der Waals surface area contributed by atoms with Gasteiger partial charge in [0.25, 0.3) is 0 Å². The van der Waals surface area contributed by atoms with Gasteiger partial charge in [-0.1, -0.05) is 234 Å². The molecule has 0 saturated heterocycles. The molecule has 2 aromatic heterocycles. The topological polar surface area (TPSA) is 38.5 Å². The minimum atomic E-state index is -0.761. The van der Waals surface area contributed by atoms with Crippen LogP contribution in [0.5, 0.6) is 5.75 Å². The van der Waals surface area contributed by atoms with Crippen LogP contribution in [0.2, 0.25) is 0 Å². The Morgan fingerprint density at radius 3 is 1.66 bits per heavy atom. The highest BCUT2D eigenvalue weighted by Crippen LogP contribution is 2.71. The maximum Gasteiger partial charge on any atom is 0.137 e. The lowest BCUT2D eigenvalue weighted by Crippen LogP contribution is -2.30. The van der Waals surface area contributed by atoms with Crippen molar-refractivity contribution in [1.82, 2.24) is 4.98 Å². The summed E-state index contributed by atoms with van der Waals surface area (Å²) < 4.78 is 13.9. The van der Waals surface area contributed by atoms with E-state index in [1.807, 2.05) is 12.3 Å². The molecule has 19 rings (SSSR count). The molecule has 2 unspecified atom stereocenters. The quantitative estimate of drug-likeness (QED) is 0.159. The zero-order valence-corrected chi connectivity index (χ0v) is 49.9. The number of anilines is 3. The van der Waals surface area contributed by atoms with Gasteiger partial charge in [-0.25, -0.2) is 4.98 Å². The third-order valence-corrected chi connectivity index (χ3v) is 21.5. The number of nitrogens with zero attached hydrogens (tertiary/aromatic N) is 2. The SMILES string of the molecule is CC1(C)C2=C3C(c4ccc(N(c5ccc6c(c5)C(c5ccccc5)(c5ccccc5)c5cc7c(cc5-6)C(c5ccccc5)(c5ccccc5)c5ccc6oc8ccccc8c6c5-7)c5ccccn5)cc4C3(C)C)C3C(=C2c2ccccc21)Oc1ccccc13. The normalized spacial score (nSPS) is 18.2. The largest absolute Gasteiger partial charge is 0.460 e. The molecule has 4 heteroatoms. The number of para-hydroxylation sites is 2. The molecular formula is C85H60N2O2. The fourth-order valence-corrected chi connectivity index (χ4v) is 18.0. The first-order chi connectivity index (χ1) is 43.7. The molecule has 0 fully saturated rings. The molecular weight excluding hydrogens is 1080 g/mol. The molecule has 0 saturated carbocycles. The Kier molecular flexibility index (Phi) is 10.2. The molecule has 422 valence electrons. The molecule has 6 aliphatic rings. The molecule has 0 N–H and O–H groups in total. The van der Waals surface area contributed by atoms with E-state index in [-0.39, 0.29) is 22.7 Å². The first-order valence-electron chi connectivity index (χ1n) is 31.4. The fraction of sp³-hybridized carbons (Fsp3) is 0.118. The van der Waals surface area contributed by atoms with Crippen LogP contribution < -0.4 is 9.64 Å². The van der Waals surface area contributed by atoms with E-state index in [1.54, 1.807) is 0 Å². The predicted molar refractivity (Wildman–Crippen MR) is 360 cm³/mol. The van der Waals surface area contributed by atoms with Crippen molar-refractivity contribution in [2.75, 3.05) is 4.90 Å². The van der Waals surface area contributed by atoms with E-state index in [2.05, 4.69) is 300 Å². The number of benzene rings is 11. The average Bonchev–Trinajstić information content (AvgIpc) is 1.52. The molecule has 89 heavy (non-hydrogen) atoms. The highest BCUT2D eigenvalue weighted by atomic mass is 16.5. The van der Waals surface area contributed by atoms with Crippen LogP contribution in [-0.2, 0) is 21.7 Å². The summed E-state index contributed by atoms with van der Waals surface area (Å²) in [5.74, 6) is 3.06. The maximum atomic E-state index is 7.13. The maximum absolute atomic E-state index is 7.13. The molecule has 3 heterocycles. The van der Waals surface area contributed by atoms with Crippen molar-refractivity contribution in [2.45, 2.75) is 61.2 Å². The number of ether oxygens (including phenoxy) is 1. The van der Waals surface area contributed by atoms with Crippen molar-refractivity contribution in [2.24, 2.45) is 0 Å². The highest BCUT2D eigenvalue weighted by molar-refractivity contribution is 6.16. The number of furan rings is 1. The van der Waals surface area contributed by atoms with E-state index in [0.29, 0.717) is 0 Å². The Labute approximate surface area is 518 Å². The Balaban J connectivity index is 0.867. The van der Waals surface area contributed by atoms with Gasteiger partial charge < -0.3 is 9.15 Å². The van der Waals surface area contributed by atoms with Crippen molar-refractivity contribution < 1.29 is 9.15 Å². The first-order valence-corrected chi connectivity index (χ1v) is 31.4. The molecule has 0 spiro atoms. The number of rotatable bonds is 7. The Hall–Kier alpha value is -10.6. The fourth-order valence-electron chi connectivity index (χ4n) is 18.0. The molecule has 2 atom stereocenters. The van der Waals surface area contributed by atoms with Gasteiger partial charge in [-0.2, -0.15) is 0 Å². The van der Waals surface area contributed by atoms with Crippen LogP contribution in [0, 0.1) is 0 Å². The summed E-state index contributed by atoms with van der Waals surface area (Å²) in [6.07, 6.45) is 1.93. The second-order valence-corrected chi connectivity index (χ2v) is 26.3. The third-order valence-electron chi connectivity index (χ3n) is 21.5. The monoisotopic (exact) mass is 1140 g/mol. The number of fused-ring (bicyclic) bond motifs is 20. The predicted octanol–water partition coefficient (Wildman–Crippen LogP) is 20.7. The van der Waals surface area contributed by atoms with Crippen LogP contribution in [0.25, 0.3) is 49.8 Å². The number of pyridine rings is 1. The molecule has 0 amide bonds. The van der Waals surface area contributed by atoms with E-state index in [4.69, 9.17) is 14.1 Å². The van der Waals surface area contributed by atoms with E-state index in [0.717, 1.165) is 50.6 Å². The number of allylic oxidation sites excluding steroid dienone is 4. The minimum Gasteiger partial charge on any atom is -0.460 e. The average molecular weight is 1140 g/mol. The van der Waals surface area contributed by atoms with Gasteiger partial charge in [0.2, 0.25) is 0 Å². The zero-order valence-electron chi connectivity index (χ0n) is 49.9. The third kappa shape index (κ3) is 6.45. The molecule has 1 aliphatic heterocycles. The van der Waals surface area contributed by atoms with E-state index in [1.165, 1.54) is 111 Å². The van der Waals surface area contributed by atoms with Crippen molar-refractivity contribution >= 4 is 44.7 Å². The summed E-state index contributed by atoms with van der Waals surface area (Å²) in [4.78, 5) is 7.65. The minimum absolute atomic E-state index is 0.0491. The Bertz CT molecular complexity index is 5150. The van der Waals surface area contributed by atoms with Crippen molar-refractivity contribution in [3.8, 4) is 28.0 Å². The van der Waals surface area contributed by atoms with Crippen LogP contribution >= 0.6 is 0 Å². The van der Waals surface area contributed by atoms with Gasteiger partial charge >= 0.3 is 0 Å². The lowest BCUT2D eigenvalue weighted by Gasteiger charge is -2.38. The molecule has 11 aromatic carbocycles. The van der Waals surface area contributed by atoms with Gasteiger partial charge in [0.05, 0.1) is 16.7 Å². The number of hydrogen-bond donors (Lipinski definition) is 0. The molecule has 13 aromatic rings. The first kappa shape index (κ1) is 50.6. The summed E-state index contributed by atoms with van der Waals surface area (Å²) in [5.41, 5.74) is 27.4. The van der Waals surface area contributed by atoms with Gasteiger partial charge in [-0.15, -0.1) is 0 Å². The Morgan fingerprint density at radius 2 is 0.966 bits per heavy atom. The van der Waals surface area contributed by atoms with Crippen LogP contribution in [0.1, 0.15) is 112 Å². The molecule has 5 aliphatic carbocycles. The van der Waals surface area contributed by atoms with Gasteiger partial charge in [0, 0.05) is 56.2 Å². The van der Waals surface area contributed by atoms with Crippen molar-refractivity contribution in [3.63, 3.8) is 0 Å². The number of aromatic nitrogens is 1. The standard InChI is InChI=1S/C85H60N2O2/c1-82(2)64-36-20-17-33-58(64)78-80(82)79-76(77-61-35-19-22-38-71(61)89-81(77)78)59-43-41-55(47-66(59)83(79,3)4)87(73-39-23-24-46-86-73)56-40-42-57-62-49-69-63(50-68(62)85(67(57)48-56,53-29-13-7-14-30-53)54-31-15-8-16-32-54)74-65(44-45-72-75(74)60-34-18-21-37-70(60)88-72)84(69,51-25-9-5-10-26-51)52-27-11-6-12-28-52/h5-50,76-77H,1-4H3. The lowest BCUT2D eigenvalue weighted by molar-refractivity contribution is 0.409. The van der Waals surface area contributed by atoms with E-state index in [9.17, 15) is 0 Å². The van der Waals surface area contributed by atoms with E-state index >= 15 is 0 Å². The van der Waals surface area contributed by atoms with Gasteiger partial charge in [-0.3, -0.25) is 4.90 Å². The van der Waals surface area contributed by atoms with Crippen molar-refractivity contribution in [1.29, 1.82) is 0 Å². The molecule has 0 bridgehead atoms. The van der Waals surface area contributed by atoms with Gasteiger partial charge in [0.15, 0.2) is 0 Å². The summed E-state index contributed by atoms with van der Waals surface area (Å²) in [6, 6.07) is 102. The van der Waals surface area contributed by atoms with Crippen LogP contribution in [0.3, 0.4) is 0 Å². The van der Waals surface area contributed by atoms with Gasteiger partial charge in [0.1, 0.15) is 28.5 Å². The zero-order chi connectivity index (χ0) is 59.1. The second kappa shape index (κ2) is 18.0. The second-order valence-electron chi connectivity index (χ2n) is 26.3. The summed E-state index contributed by atoms with van der Waals surface area (Å²) in [5, 5.41) is 2.26.